The van der Waals surface area contributed by atoms with E-state index in [2.05, 4.69) is 75.4 Å². The highest BCUT2D eigenvalue weighted by molar-refractivity contribution is 5.90. The van der Waals surface area contributed by atoms with E-state index in [9.17, 15) is 5.11 Å². The van der Waals surface area contributed by atoms with Crippen molar-refractivity contribution in [1.29, 1.82) is 0 Å². The van der Waals surface area contributed by atoms with Crippen molar-refractivity contribution in [2.75, 3.05) is 7.11 Å². The summed E-state index contributed by atoms with van der Waals surface area (Å²) in [6, 6.07) is 18.9. The van der Waals surface area contributed by atoms with Crippen LogP contribution in [0, 0.1) is 13.8 Å². The Kier molecular flexibility index (Phi) is 5.32. The molecule has 2 nitrogen and oxygen atoms in total. The first kappa shape index (κ1) is 18.1. The van der Waals surface area contributed by atoms with E-state index >= 15 is 0 Å². The molecule has 0 atom stereocenters. The third-order valence-corrected chi connectivity index (χ3v) is 4.76. The first-order valence-corrected chi connectivity index (χ1v) is 9.12. The molecule has 0 aliphatic rings. The molecule has 0 unspecified atom stereocenters. The molecular weight excluding hydrogens is 320 g/mol. The van der Waals surface area contributed by atoms with Crippen LogP contribution in [0.5, 0.6) is 11.5 Å². The average Bonchev–Trinajstić information content (AvgIpc) is 2.63. The quantitative estimate of drug-likeness (QED) is 0.587. The van der Waals surface area contributed by atoms with Crippen molar-refractivity contribution >= 4 is 0 Å². The molecule has 3 aromatic carbocycles. The maximum atomic E-state index is 11.1. The van der Waals surface area contributed by atoms with Crippen molar-refractivity contribution in [2.24, 2.45) is 0 Å². The van der Waals surface area contributed by atoms with E-state index in [-0.39, 0.29) is 5.75 Å². The number of methoxy groups -OCH3 is 1. The Morgan fingerprint density at radius 1 is 0.846 bits per heavy atom. The van der Waals surface area contributed by atoms with Gasteiger partial charge in [-0.05, 0) is 48.6 Å². The van der Waals surface area contributed by atoms with Gasteiger partial charge >= 0.3 is 0 Å². The number of phenols is 1. The van der Waals surface area contributed by atoms with Gasteiger partial charge in [0.25, 0.3) is 0 Å². The molecule has 0 saturated heterocycles. The van der Waals surface area contributed by atoms with Crippen LogP contribution in [0.2, 0.25) is 0 Å². The molecule has 134 valence electrons. The van der Waals surface area contributed by atoms with Gasteiger partial charge in [-0.15, -0.1) is 0 Å². The highest BCUT2D eigenvalue weighted by atomic mass is 16.5. The molecule has 0 spiro atoms. The van der Waals surface area contributed by atoms with Crippen molar-refractivity contribution in [2.45, 2.75) is 33.6 Å². The van der Waals surface area contributed by atoms with E-state index in [1.165, 1.54) is 11.1 Å². The van der Waals surface area contributed by atoms with Gasteiger partial charge in [0.05, 0.1) is 7.11 Å². The number of hydrogen-bond acceptors (Lipinski definition) is 2. The first-order chi connectivity index (χ1) is 12.5. The van der Waals surface area contributed by atoms with E-state index in [0.717, 1.165) is 40.7 Å². The maximum absolute atomic E-state index is 11.1. The fourth-order valence-electron chi connectivity index (χ4n) is 3.36. The zero-order valence-electron chi connectivity index (χ0n) is 16.0. The summed E-state index contributed by atoms with van der Waals surface area (Å²) in [5.41, 5.74) is 7.41. The molecule has 3 aromatic rings. The smallest absolute Gasteiger partial charge is 0.166 e. The summed E-state index contributed by atoms with van der Waals surface area (Å²) >= 11 is 0. The molecule has 0 bridgehead atoms. The summed E-state index contributed by atoms with van der Waals surface area (Å²) in [4.78, 5) is 0. The van der Waals surface area contributed by atoms with Crippen LogP contribution in [-0.4, -0.2) is 12.2 Å². The Hall–Kier alpha value is -2.74. The first-order valence-electron chi connectivity index (χ1n) is 9.12. The van der Waals surface area contributed by atoms with Crippen LogP contribution in [0.25, 0.3) is 22.3 Å². The molecular formula is C24H26O2. The van der Waals surface area contributed by atoms with Gasteiger partial charge in [0.2, 0.25) is 0 Å². The molecule has 0 fully saturated rings. The second-order valence-corrected chi connectivity index (χ2v) is 6.82. The van der Waals surface area contributed by atoms with Crippen LogP contribution in [0.4, 0.5) is 0 Å². The second kappa shape index (κ2) is 7.65. The van der Waals surface area contributed by atoms with Gasteiger partial charge in [0.15, 0.2) is 11.5 Å². The number of hydrogen-bond donors (Lipinski definition) is 1. The summed E-state index contributed by atoms with van der Waals surface area (Å²) in [5, 5.41) is 11.1. The van der Waals surface area contributed by atoms with Gasteiger partial charge in [-0.3, -0.25) is 0 Å². The van der Waals surface area contributed by atoms with Crippen LogP contribution >= 0.6 is 0 Å². The number of rotatable bonds is 5. The predicted molar refractivity (Wildman–Crippen MR) is 109 cm³/mol. The van der Waals surface area contributed by atoms with Crippen LogP contribution < -0.4 is 4.74 Å². The van der Waals surface area contributed by atoms with Crippen LogP contribution in [0.1, 0.15) is 30.0 Å². The highest BCUT2D eigenvalue weighted by Crippen LogP contribution is 2.46. The van der Waals surface area contributed by atoms with Gasteiger partial charge in [0.1, 0.15) is 0 Å². The van der Waals surface area contributed by atoms with Crippen LogP contribution in [0.15, 0.2) is 54.6 Å². The van der Waals surface area contributed by atoms with Crippen molar-refractivity contribution in [1.82, 2.24) is 0 Å². The molecule has 0 aromatic heterocycles. The van der Waals surface area contributed by atoms with Crippen LogP contribution in [0.3, 0.4) is 0 Å². The van der Waals surface area contributed by atoms with Crippen molar-refractivity contribution in [3.05, 3.63) is 71.3 Å². The van der Waals surface area contributed by atoms with Gasteiger partial charge < -0.3 is 9.84 Å². The zero-order valence-corrected chi connectivity index (χ0v) is 16.0. The number of benzene rings is 3. The lowest BCUT2D eigenvalue weighted by molar-refractivity contribution is 0.370. The Balaban J connectivity index is 2.31. The van der Waals surface area contributed by atoms with E-state index in [0.29, 0.717) is 5.75 Å². The molecule has 0 radical (unpaired) electrons. The molecule has 3 rings (SSSR count). The van der Waals surface area contributed by atoms with Crippen LogP contribution in [-0.2, 0) is 6.42 Å². The molecule has 2 heteroatoms. The fourth-order valence-corrected chi connectivity index (χ4v) is 3.36. The third kappa shape index (κ3) is 3.45. The monoisotopic (exact) mass is 346 g/mol. The van der Waals surface area contributed by atoms with Crippen molar-refractivity contribution in [3.63, 3.8) is 0 Å². The second-order valence-electron chi connectivity index (χ2n) is 6.82. The predicted octanol–water partition coefficient (Wildman–Crippen LogP) is 6.30. The number of aryl methyl sites for hydroxylation is 3. The summed E-state index contributed by atoms with van der Waals surface area (Å²) < 4.78 is 5.57. The van der Waals surface area contributed by atoms with Gasteiger partial charge in [-0.1, -0.05) is 73.0 Å². The average molecular weight is 346 g/mol. The summed E-state index contributed by atoms with van der Waals surface area (Å²) in [6.45, 7) is 6.28. The molecule has 0 aliphatic carbocycles. The minimum Gasteiger partial charge on any atom is -0.504 e. The van der Waals surface area contributed by atoms with E-state index < -0.39 is 0 Å². The minimum atomic E-state index is 0.220. The van der Waals surface area contributed by atoms with Crippen molar-refractivity contribution < 1.29 is 9.84 Å². The van der Waals surface area contributed by atoms with E-state index in [1.807, 2.05) is 0 Å². The minimum absolute atomic E-state index is 0.220. The summed E-state index contributed by atoms with van der Waals surface area (Å²) in [5.74, 6) is 0.802. The lowest BCUT2D eigenvalue weighted by Crippen LogP contribution is -1.97. The van der Waals surface area contributed by atoms with Gasteiger partial charge in [-0.25, -0.2) is 0 Å². The molecule has 0 heterocycles. The summed E-state index contributed by atoms with van der Waals surface area (Å²) in [7, 11) is 1.62. The number of ether oxygens (including phenoxy) is 1. The number of aromatic hydroxyl groups is 1. The lowest BCUT2D eigenvalue weighted by Gasteiger charge is -2.19. The zero-order chi connectivity index (χ0) is 18.7. The Morgan fingerprint density at radius 3 is 1.88 bits per heavy atom. The fraction of sp³-hybridized carbons (Fsp3) is 0.250. The standard InChI is InChI=1S/C24H26O2/c1-5-6-20-15-21(18-11-7-16(2)8-12-18)22(23(25)24(20)26-4)19-13-9-17(3)10-14-19/h7-15,25H,5-6H2,1-4H3. The third-order valence-electron chi connectivity index (χ3n) is 4.76. The molecule has 26 heavy (non-hydrogen) atoms. The Labute approximate surface area is 156 Å². The molecule has 0 amide bonds. The van der Waals surface area contributed by atoms with E-state index in [4.69, 9.17) is 4.74 Å². The molecule has 0 aliphatic heterocycles. The maximum Gasteiger partial charge on any atom is 0.166 e. The summed E-state index contributed by atoms with van der Waals surface area (Å²) in [6.07, 6.45) is 1.86. The largest absolute Gasteiger partial charge is 0.504 e. The van der Waals surface area contributed by atoms with E-state index in [1.54, 1.807) is 7.11 Å². The molecule has 0 saturated carbocycles. The number of phenolic OH excluding ortho intramolecular Hbond substituents is 1. The normalized spacial score (nSPS) is 10.8. The topological polar surface area (TPSA) is 29.5 Å². The van der Waals surface area contributed by atoms with Gasteiger partial charge in [0, 0.05) is 5.56 Å². The highest BCUT2D eigenvalue weighted by Gasteiger charge is 2.20. The lowest BCUT2D eigenvalue weighted by atomic mass is 9.89. The Bertz CT molecular complexity index is 891. The van der Waals surface area contributed by atoms with Crippen molar-refractivity contribution in [3.8, 4) is 33.8 Å². The molecule has 1 N–H and O–H groups in total. The Morgan fingerprint density at radius 2 is 1.38 bits per heavy atom. The SMILES string of the molecule is CCCc1cc(-c2ccc(C)cc2)c(-c2ccc(C)cc2)c(O)c1OC. The van der Waals surface area contributed by atoms with Gasteiger partial charge in [-0.2, -0.15) is 0 Å².